The van der Waals surface area contributed by atoms with E-state index in [2.05, 4.69) is 31.9 Å². The van der Waals surface area contributed by atoms with Crippen LogP contribution in [0.1, 0.15) is 63.9 Å². The molecule has 1 heterocycles. The quantitative estimate of drug-likeness (QED) is 0.296. The molecule has 168 valence electrons. The second-order valence-electron chi connectivity index (χ2n) is 8.49. The van der Waals surface area contributed by atoms with Crippen molar-refractivity contribution in [2.75, 3.05) is 32.0 Å². The molecule has 2 fully saturated rings. The summed E-state index contributed by atoms with van der Waals surface area (Å²) in [6.07, 6.45) is 10.7. The Morgan fingerprint density at radius 2 is 1.77 bits per heavy atom. The van der Waals surface area contributed by atoms with Crippen LogP contribution in [0.5, 0.6) is 0 Å². The van der Waals surface area contributed by atoms with Gasteiger partial charge in [-0.05, 0) is 56.5 Å². The van der Waals surface area contributed by atoms with Gasteiger partial charge in [-0.2, -0.15) is 0 Å². The zero-order valence-electron chi connectivity index (χ0n) is 18.5. The molecular formula is C23H38IN5O. The first-order valence-corrected chi connectivity index (χ1v) is 11.2. The number of hydrogen-bond donors (Lipinski definition) is 3. The maximum Gasteiger partial charge on any atom is 0.221 e. The smallest absolute Gasteiger partial charge is 0.221 e. The van der Waals surface area contributed by atoms with Crippen molar-refractivity contribution in [3.05, 3.63) is 29.8 Å². The third-order valence-electron chi connectivity index (χ3n) is 6.33. The Balaban J connectivity index is 0.00000320. The van der Waals surface area contributed by atoms with Crippen LogP contribution in [0, 0.1) is 0 Å². The highest BCUT2D eigenvalue weighted by atomic mass is 127. The number of rotatable bonds is 6. The number of nitrogens with zero attached hydrogens (tertiary/aromatic N) is 2. The van der Waals surface area contributed by atoms with Crippen molar-refractivity contribution < 1.29 is 4.79 Å². The van der Waals surface area contributed by atoms with E-state index < -0.39 is 0 Å². The van der Waals surface area contributed by atoms with E-state index in [4.69, 9.17) is 0 Å². The number of nitrogens with one attached hydrogen (secondary N) is 3. The number of amides is 1. The Morgan fingerprint density at radius 3 is 2.43 bits per heavy atom. The molecule has 6 nitrogen and oxygen atoms in total. The second kappa shape index (κ2) is 12.5. The number of hydrogen-bond acceptors (Lipinski definition) is 3. The lowest BCUT2D eigenvalue weighted by Gasteiger charge is -2.48. The molecule has 3 rings (SSSR count). The zero-order valence-corrected chi connectivity index (χ0v) is 20.8. The van der Waals surface area contributed by atoms with Crippen LogP contribution in [0.4, 0.5) is 5.69 Å². The first-order valence-electron chi connectivity index (χ1n) is 11.2. The summed E-state index contributed by atoms with van der Waals surface area (Å²) in [4.78, 5) is 18.5. The fourth-order valence-electron chi connectivity index (χ4n) is 4.80. The van der Waals surface area contributed by atoms with Gasteiger partial charge in [0.1, 0.15) is 0 Å². The first kappa shape index (κ1) is 24.9. The summed E-state index contributed by atoms with van der Waals surface area (Å²) in [6, 6.07) is 7.93. The van der Waals surface area contributed by atoms with E-state index in [0.29, 0.717) is 6.54 Å². The predicted octanol–water partition coefficient (Wildman–Crippen LogP) is 4.12. The Kier molecular flexibility index (Phi) is 10.4. The van der Waals surface area contributed by atoms with Gasteiger partial charge in [0.25, 0.3) is 0 Å². The van der Waals surface area contributed by atoms with Gasteiger partial charge in [-0.3, -0.25) is 14.7 Å². The van der Waals surface area contributed by atoms with Gasteiger partial charge in [-0.25, -0.2) is 0 Å². The average molecular weight is 527 g/mol. The molecule has 30 heavy (non-hydrogen) atoms. The molecule has 1 saturated carbocycles. The maximum atomic E-state index is 11.3. The predicted molar refractivity (Wildman–Crippen MR) is 136 cm³/mol. The molecular weight excluding hydrogens is 489 g/mol. The van der Waals surface area contributed by atoms with Crippen molar-refractivity contribution in [1.29, 1.82) is 0 Å². The minimum atomic E-state index is -0.0527. The highest BCUT2D eigenvalue weighted by Gasteiger charge is 2.38. The number of anilines is 1. The molecule has 1 saturated heterocycles. The number of carbonyl (C=O) groups excluding carboxylic acids is 1. The maximum absolute atomic E-state index is 11.3. The molecule has 1 aliphatic heterocycles. The molecule has 1 amide bonds. The van der Waals surface area contributed by atoms with Crippen LogP contribution in [-0.4, -0.2) is 49.0 Å². The van der Waals surface area contributed by atoms with Gasteiger partial charge in [0.2, 0.25) is 5.91 Å². The number of benzene rings is 1. The molecule has 0 spiro atoms. The van der Waals surface area contributed by atoms with Crippen LogP contribution in [-0.2, 0) is 11.3 Å². The van der Waals surface area contributed by atoms with Crippen LogP contribution in [0.15, 0.2) is 29.3 Å². The molecule has 1 aliphatic carbocycles. The summed E-state index contributed by atoms with van der Waals surface area (Å²) < 4.78 is 0. The number of likely N-dealkylation sites (tertiary alicyclic amines) is 1. The number of piperidine rings is 1. The summed E-state index contributed by atoms with van der Waals surface area (Å²) in [5, 5.41) is 9.89. The highest BCUT2D eigenvalue weighted by Crippen LogP contribution is 2.35. The van der Waals surface area contributed by atoms with E-state index in [0.717, 1.165) is 23.8 Å². The van der Waals surface area contributed by atoms with Crippen molar-refractivity contribution in [2.24, 2.45) is 4.99 Å². The molecule has 0 bridgehead atoms. The Bertz CT molecular complexity index is 697. The van der Waals surface area contributed by atoms with E-state index in [9.17, 15) is 4.79 Å². The first-order chi connectivity index (χ1) is 14.1. The van der Waals surface area contributed by atoms with Gasteiger partial charge in [0.15, 0.2) is 5.96 Å². The van der Waals surface area contributed by atoms with Gasteiger partial charge in [0.05, 0.1) is 0 Å². The van der Waals surface area contributed by atoms with Gasteiger partial charge in [-0.1, -0.05) is 37.8 Å². The Labute approximate surface area is 198 Å². The molecule has 1 aromatic rings. The van der Waals surface area contributed by atoms with Gasteiger partial charge in [-0.15, -0.1) is 24.0 Å². The van der Waals surface area contributed by atoms with Crippen molar-refractivity contribution in [3.8, 4) is 0 Å². The van der Waals surface area contributed by atoms with Crippen LogP contribution in [0.25, 0.3) is 0 Å². The van der Waals surface area contributed by atoms with E-state index in [1.54, 1.807) is 0 Å². The molecule has 0 aromatic heterocycles. The SMILES string of the molecule is CN=C(NCc1cccc(NC(C)=O)c1)NCC1(N2CCCCC2)CCCCC1.I. The largest absolute Gasteiger partial charge is 0.355 e. The fourth-order valence-corrected chi connectivity index (χ4v) is 4.80. The van der Waals surface area contributed by atoms with Crippen molar-refractivity contribution >= 4 is 41.5 Å². The lowest BCUT2D eigenvalue weighted by molar-refractivity contribution is -0.114. The van der Waals surface area contributed by atoms with Crippen molar-refractivity contribution in [2.45, 2.75) is 70.4 Å². The highest BCUT2D eigenvalue weighted by molar-refractivity contribution is 14.0. The number of guanidine groups is 1. The fraction of sp³-hybridized carbons (Fsp3) is 0.652. The van der Waals surface area contributed by atoms with Crippen LogP contribution in [0.3, 0.4) is 0 Å². The summed E-state index contributed by atoms with van der Waals surface area (Å²) >= 11 is 0. The van der Waals surface area contributed by atoms with Crippen LogP contribution < -0.4 is 16.0 Å². The standard InChI is InChI=1S/C23H37N5O.HI/c1-19(29)27-21-11-9-10-20(16-21)17-25-22(24-2)26-18-23(12-5-3-6-13-23)28-14-7-4-8-15-28;/h9-11,16H,3-8,12-15,17-18H2,1-2H3,(H,27,29)(H2,24,25,26);1H. The summed E-state index contributed by atoms with van der Waals surface area (Å²) in [6.45, 7) is 5.63. The molecule has 7 heteroatoms. The van der Waals surface area contributed by atoms with E-state index in [1.807, 2.05) is 25.2 Å². The minimum Gasteiger partial charge on any atom is -0.355 e. The van der Waals surface area contributed by atoms with Crippen LogP contribution >= 0.6 is 24.0 Å². The van der Waals surface area contributed by atoms with Gasteiger partial charge >= 0.3 is 0 Å². The van der Waals surface area contributed by atoms with Crippen LogP contribution in [0.2, 0.25) is 0 Å². The molecule has 2 aliphatic rings. The molecule has 1 aromatic carbocycles. The van der Waals surface area contributed by atoms with E-state index in [-0.39, 0.29) is 35.4 Å². The molecule has 0 atom stereocenters. The Hall–Kier alpha value is -1.35. The Morgan fingerprint density at radius 1 is 1.07 bits per heavy atom. The third kappa shape index (κ3) is 7.11. The number of carbonyl (C=O) groups is 1. The van der Waals surface area contributed by atoms with Crippen molar-refractivity contribution in [3.63, 3.8) is 0 Å². The lowest BCUT2D eigenvalue weighted by atomic mass is 9.79. The minimum absolute atomic E-state index is 0. The molecule has 0 unspecified atom stereocenters. The summed E-state index contributed by atoms with van der Waals surface area (Å²) in [5.74, 6) is 0.792. The monoisotopic (exact) mass is 527 g/mol. The number of aliphatic imine (C=N–C) groups is 1. The molecule has 0 radical (unpaired) electrons. The summed E-state index contributed by atoms with van der Waals surface area (Å²) in [5.41, 5.74) is 2.22. The van der Waals surface area contributed by atoms with Gasteiger partial charge in [0, 0.05) is 38.3 Å². The van der Waals surface area contributed by atoms with E-state index in [1.165, 1.54) is 71.4 Å². The third-order valence-corrected chi connectivity index (χ3v) is 6.33. The number of halogens is 1. The normalized spacial score (nSPS) is 19.5. The average Bonchev–Trinajstić information content (AvgIpc) is 2.75. The second-order valence-corrected chi connectivity index (χ2v) is 8.49. The topological polar surface area (TPSA) is 68.8 Å². The zero-order chi connectivity index (χ0) is 20.5. The molecule has 3 N–H and O–H groups in total. The van der Waals surface area contributed by atoms with Gasteiger partial charge < -0.3 is 16.0 Å². The van der Waals surface area contributed by atoms with E-state index >= 15 is 0 Å². The van der Waals surface area contributed by atoms with Crippen molar-refractivity contribution in [1.82, 2.24) is 15.5 Å². The summed E-state index contributed by atoms with van der Waals surface area (Å²) in [7, 11) is 1.83. The lowest BCUT2D eigenvalue weighted by Crippen LogP contribution is -2.59.